The fraction of sp³-hybridized carbons (Fsp3) is 0.839. The van der Waals surface area contributed by atoms with Gasteiger partial charge in [-0.15, -0.1) is 0 Å². The number of nitrogens with one attached hydrogen (secondary N) is 1. The lowest BCUT2D eigenvalue weighted by Gasteiger charge is -2.52. The summed E-state index contributed by atoms with van der Waals surface area (Å²) < 4.78 is 27.6. The largest absolute Gasteiger partial charge is 0.342 e. The molecular weight excluding hydrogens is 552 g/mol. The van der Waals surface area contributed by atoms with Gasteiger partial charge in [-0.3, -0.25) is 19.2 Å². The van der Waals surface area contributed by atoms with E-state index in [4.69, 9.17) is 5.10 Å². The Balaban J connectivity index is 1.24. The van der Waals surface area contributed by atoms with Gasteiger partial charge in [0.2, 0.25) is 21.8 Å². The van der Waals surface area contributed by atoms with Crippen LogP contribution in [0.4, 0.5) is 0 Å². The van der Waals surface area contributed by atoms with Crippen molar-refractivity contribution in [3.05, 3.63) is 17.0 Å². The maximum atomic E-state index is 13.9. The van der Waals surface area contributed by atoms with Crippen LogP contribution in [0.5, 0.6) is 0 Å². The monoisotopic (exact) mass is 604 g/mol. The number of hydrogen-bond acceptors (Lipinski definition) is 6. The molecule has 3 saturated heterocycles. The molecule has 1 saturated carbocycles. The van der Waals surface area contributed by atoms with Crippen molar-refractivity contribution in [1.82, 2.24) is 29.2 Å². The van der Waals surface area contributed by atoms with Crippen molar-refractivity contribution in [3.8, 4) is 0 Å². The minimum Gasteiger partial charge on any atom is -0.342 e. The van der Waals surface area contributed by atoms with Crippen LogP contribution in [0.25, 0.3) is 0 Å². The fourth-order valence-corrected chi connectivity index (χ4v) is 8.81. The van der Waals surface area contributed by atoms with E-state index in [0.29, 0.717) is 38.4 Å². The fourth-order valence-electron chi connectivity index (χ4n) is 7.93. The van der Waals surface area contributed by atoms with E-state index < -0.39 is 15.6 Å². The molecule has 0 unspecified atom stereocenters. The lowest BCUT2D eigenvalue weighted by molar-refractivity contribution is -0.162. The number of amides is 2. The van der Waals surface area contributed by atoms with Crippen LogP contribution in [0.15, 0.2) is 0 Å². The standard InChI is InChI=1S/C31H52N6O4S/c1-5-6-16-36-29(38)28(21-25-10-8-7-9-11-25)32-30(39)31(36)14-19-34(20-15-31)22-27-23(2)33-37(24(27)3)26-12-17-35(18-13-26)42(4,40)41/h25-26,28H,5-22H2,1-4H3,(H,32,39)/t28-/m0/s1. The van der Waals surface area contributed by atoms with E-state index >= 15 is 0 Å². The number of nitrogens with zero attached hydrogens (tertiary/aromatic N) is 5. The second kappa shape index (κ2) is 12.9. The molecule has 10 nitrogen and oxygen atoms in total. The third kappa shape index (κ3) is 6.43. The molecule has 0 radical (unpaired) electrons. The van der Waals surface area contributed by atoms with Gasteiger partial charge in [0, 0.05) is 50.5 Å². The summed E-state index contributed by atoms with van der Waals surface area (Å²) >= 11 is 0. The molecule has 1 aromatic rings. The van der Waals surface area contributed by atoms with Gasteiger partial charge in [0.05, 0.1) is 18.0 Å². The Kier molecular flexibility index (Phi) is 9.69. The number of piperidine rings is 2. The van der Waals surface area contributed by atoms with Crippen LogP contribution in [-0.2, 0) is 26.2 Å². The van der Waals surface area contributed by atoms with Gasteiger partial charge in [-0.05, 0) is 58.3 Å². The van der Waals surface area contributed by atoms with Crippen LogP contribution in [0.3, 0.4) is 0 Å². The number of carbonyl (C=O) groups excluding carboxylic acids is 2. The number of aromatic nitrogens is 2. The molecule has 1 atom stereocenters. The summed E-state index contributed by atoms with van der Waals surface area (Å²) in [5.41, 5.74) is 2.63. The number of carbonyl (C=O) groups is 2. The van der Waals surface area contributed by atoms with Crippen molar-refractivity contribution in [2.24, 2.45) is 5.92 Å². The third-order valence-electron chi connectivity index (χ3n) is 10.6. The van der Waals surface area contributed by atoms with Crippen molar-refractivity contribution in [1.29, 1.82) is 0 Å². The van der Waals surface area contributed by atoms with Crippen molar-refractivity contribution < 1.29 is 18.0 Å². The molecule has 236 valence electrons. The highest BCUT2D eigenvalue weighted by Crippen LogP contribution is 2.37. The van der Waals surface area contributed by atoms with Gasteiger partial charge in [0.15, 0.2) is 0 Å². The van der Waals surface area contributed by atoms with E-state index in [1.807, 2.05) is 4.90 Å². The molecule has 1 aromatic heterocycles. The molecule has 2 amide bonds. The Hall–Kier alpha value is -1.98. The summed E-state index contributed by atoms with van der Waals surface area (Å²) in [6, 6.07) is -0.174. The first-order valence-electron chi connectivity index (χ1n) is 16.4. The van der Waals surface area contributed by atoms with Crippen molar-refractivity contribution in [3.63, 3.8) is 0 Å². The van der Waals surface area contributed by atoms with Gasteiger partial charge in [-0.2, -0.15) is 5.10 Å². The van der Waals surface area contributed by atoms with Crippen LogP contribution in [0, 0.1) is 19.8 Å². The van der Waals surface area contributed by atoms with Gasteiger partial charge in [-0.1, -0.05) is 45.4 Å². The third-order valence-corrected chi connectivity index (χ3v) is 11.9. The van der Waals surface area contributed by atoms with Gasteiger partial charge < -0.3 is 10.2 Å². The van der Waals surface area contributed by atoms with E-state index in [2.05, 4.69) is 35.7 Å². The van der Waals surface area contributed by atoms with E-state index in [-0.39, 0.29) is 23.9 Å². The molecule has 0 aromatic carbocycles. The molecule has 1 spiro atoms. The van der Waals surface area contributed by atoms with Crippen molar-refractivity contribution in [2.45, 2.75) is 122 Å². The normalized spacial score (nSPS) is 25.3. The van der Waals surface area contributed by atoms with E-state index in [9.17, 15) is 18.0 Å². The Bertz CT molecular complexity index is 1220. The average Bonchev–Trinajstić information content (AvgIpc) is 3.25. The van der Waals surface area contributed by atoms with Gasteiger partial charge in [-0.25, -0.2) is 12.7 Å². The molecule has 4 aliphatic rings. The highest BCUT2D eigenvalue weighted by molar-refractivity contribution is 7.88. The number of sulfonamides is 1. The molecule has 1 N–H and O–H groups in total. The van der Waals surface area contributed by atoms with E-state index in [0.717, 1.165) is 63.1 Å². The first-order valence-corrected chi connectivity index (χ1v) is 18.2. The average molecular weight is 605 g/mol. The molecule has 4 heterocycles. The predicted octanol–water partition coefficient (Wildman–Crippen LogP) is 3.53. The van der Waals surface area contributed by atoms with Crippen LogP contribution in [0.2, 0.25) is 0 Å². The minimum atomic E-state index is -3.16. The smallest absolute Gasteiger partial charge is 0.246 e. The number of likely N-dealkylation sites (tertiary alicyclic amines) is 1. The van der Waals surface area contributed by atoms with Crippen LogP contribution in [0.1, 0.15) is 107 Å². The Morgan fingerprint density at radius 2 is 1.64 bits per heavy atom. The zero-order valence-electron chi connectivity index (χ0n) is 26.2. The molecule has 3 aliphatic heterocycles. The number of unbranched alkanes of at least 4 members (excludes halogenated alkanes) is 1. The van der Waals surface area contributed by atoms with Gasteiger partial charge >= 0.3 is 0 Å². The molecular formula is C31H52N6O4S. The highest BCUT2D eigenvalue weighted by atomic mass is 32.2. The topological polar surface area (TPSA) is 108 Å². The summed E-state index contributed by atoms with van der Waals surface area (Å²) in [6.07, 6.45) is 12.9. The molecule has 4 fully saturated rings. The van der Waals surface area contributed by atoms with Crippen LogP contribution >= 0.6 is 0 Å². The SMILES string of the molecule is CCCCN1C(=O)[C@H](CC2CCCCC2)NC(=O)C12CCN(Cc1c(C)nn(C3CCN(S(C)(=O)=O)CC3)c1C)CC2. The molecule has 0 bridgehead atoms. The summed E-state index contributed by atoms with van der Waals surface area (Å²) in [4.78, 5) is 32.1. The summed E-state index contributed by atoms with van der Waals surface area (Å²) in [6.45, 7) is 10.3. The Morgan fingerprint density at radius 1 is 0.976 bits per heavy atom. The summed E-state index contributed by atoms with van der Waals surface area (Å²) in [5.74, 6) is 0.729. The number of rotatable bonds is 9. The summed E-state index contributed by atoms with van der Waals surface area (Å²) in [7, 11) is -3.16. The molecule has 5 rings (SSSR count). The first kappa shape index (κ1) is 31.4. The van der Waals surface area contributed by atoms with Crippen LogP contribution in [-0.4, -0.2) is 94.7 Å². The zero-order chi connectivity index (χ0) is 30.1. The van der Waals surface area contributed by atoms with Crippen LogP contribution < -0.4 is 5.32 Å². The summed E-state index contributed by atoms with van der Waals surface area (Å²) in [5, 5.41) is 8.11. The second-order valence-electron chi connectivity index (χ2n) is 13.4. The highest BCUT2D eigenvalue weighted by Gasteiger charge is 2.53. The molecule has 1 aliphatic carbocycles. The van der Waals surface area contributed by atoms with Crippen molar-refractivity contribution >= 4 is 21.8 Å². The molecule has 11 heteroatoms. The maximum Gasteiger partial charge on any atom is 0.246 e. The van der Waals surface area contributed by atoms with Crippen molar-refractivity contribution in [2.75, 3.05) is 39.0 Å². The first-order chi connectivity index (χ1) is 20.0. The Morgan fingerprint density at radius 3 is 2.26 bits per heavy atom. The maximum absolute atomic E-state index is 13.9. The lowest BCUT2D eigenvalue weighted by Crippen LogP contribution is -2.73. The second-order valence-corrected chi connectivity index (χ2v) is 15.4. The van der Waals surface area contributed by atoms with E-state index in [1.54, 1.807) is 4.31 Å². The number of aryl methyl sites for hydroxylation is 1. The lowest BCUT2D eigenvalue weighted by atomic mass is 9.79. The Labute approximate surface area is 252 Å². The zero-order valence-corrected chi connectivity index (χ0v) is 27.1. The molecule has 42 heavy (non-hydrogen) atoms. The number of piperazine rings is 1. The minimum absolute atomic E-state index is 0.0549. The van der Waals surface area contributed by atoms with Gasteiger partial charge in [0.1, 0.15) is 11.6 Å². The van der Waals surface area contributed by atoms with Gasteiger partial charge in [0.25, 0.3) is 0 Å². The number of hydrogen-bond donors (Lipinski definition) is 1. The van der Waals surface area contributed by atoms with E-state index in [1.165, 1.54) is 43.9 Å². The predicted molar refractivity (Wildman–Crippen MR) is 163 cm³/mol. The quantitative estimate of drug-likeness (QED) is 0.462.